The van der Waals surface area contributed by atoms with Gasteiger partial charge < -0.3 is 29.8 Å². The number of rotatable bonds is 6. The van der Waals surface area contributed by atoms with Crippen molar-refractivity contribution in [2.45, 2.75) is 27.7 Å². The Morgan fingerprint density at radius 2 is 0.864 bits per heavy atom. The third kappa shape index (κ3) is 10.6. The maximum Gasteiger partial charge on any atom is 2.00 e. The number of nitrogens with zero attached hydrogens (tertiary/aromatic N) is 6. The predicted octanol–water partition coefficient (Wildman–Crippen LogP) is 4.94. The first-order chi connectivity index (χ1) is 27.8. The van der Waals surface area contributed by atoms with Crippen molar-refractivity contribution >= 4 is 57.5 Å². The molecule has 15 heteroatoms. The Labute approximate surface area is 349 Å². The second kappa shape index (κ2) is 20.3. The van der Waals surface area contributed by atoms with Crippen LogP contribution in [0.3, 0.4) is 0 Å². The number of H-pyrrole nitrogens is 2. The van der Waals surface area contributed by atoms with Gasteiger partial charge in [-0.3, -0.25) is 19.0 Å². The van der Waals surface area contributed by atoms with Crippen molar-refractivity contribution in [1.29, 1.82) is 0 Å². The minimum Gasteiger partial charge on any atom is -0.550 e. The number of fused-ring (bicyclic) bond motifs is 2. The number of aromatic amines is 2. The molecule has 59 heavy (non-hydrogen) atoms. The molecule has 8 aromatic rings. The number of para-hydroxylation sites is 4. The number of nitrogens with one attached hydrogen (secondary N) is 2. The molecule has 8 rings (SSSR count). The summed E-state index contributed by atoms with van der Waals surface area (Å²) in [6.45, 7) is 5.76. The van der Waals surface area contributed by atoms with Crippen LogP contribution >= 0.6 is 0 Å². The molecule has 0 atom stereocenters. The van der Waals surface area contributed by atoms with Crippen molar-refractivity contribution in [3.05, 3.63) is 165 Å². The Kier molecular flexibility index (Phi) is 15.3. The maximum absolute atomic E-state index is 12.9. The third-order valence-corrected chi connectivity index (χ3v) is 8.96. The van der Waals surface area contributed by atoms with Crippen molar-refractivity contribution < 1.29 is 36.9 Å². The van der Waals surface area contributed by atoms with Gasteiger partial charge in [-0.15, -0.1) is 0 Å². The summed E-state index contributed by atoms with van der Waals surface area (Å²) in [5.74, 6) is -2.17. The number of carbonyl (C=O) groups excluding carboxylic acids is 2. The number of aliphatic carboxylic acids is 2. The van der Waals surface area contributed by atoms with Gasteiger partial charge in [0.1, 0.15) is 0 Å². The Bertz CT molecular complexity index is 2660. The average Bonchev–Trinajstić information content (AvgIpc) is 3.92. The standard InChI is InChI=1S/2C20H18N4O.2C2H4O2.Cu/c2*1-14-19(20(25)24(23(14)2)16-8-4-3-5-9-16)22-13-15-12-21-18-11-7-6-10-17(15)18;2*1-2(3)4;/h2*3-13,21H,1-2H3;2*1H3,(H,3,4);/q;;;;+2/p-2. The molecule has 0 aliphatic carbocycles. The van der Waals surface area contributed by atoms with Crippen LogP contribution in [0.1, 0.15) is 36.4 Å². The van der Waals surface area contributed by atoms with Crippen LogP contribution < -0.4 is 21.3 Å². The van der Waals surface area contributed by atoms with E-state index in [1.165, 1.54) is 0 Å². The number of aliphatic imine (C=N–C) groups is 2. The Hall–Kier alpha value is -7.22. The fourth-order valence-electron chi connectivity index (χ4n) is 6.08. The molecule has 0 fully saturated rings. The first-order valence-corrected chi connectivity index (χ1v) is 18.0. The predicted molar refractivity (Wildman–Crippen MR) is 224 cm³/mol. The van der Waals surface area contributed by atoms with Gasteiger partial charge in [-0.1, -0.05) is 72.8 Å². The van der Waals surface area contributed by atoms with E-state index in [9.17, 15) is 9.59 Å². The van der Waals surface area contributed by atoms with Crippen LogP contribution in [0.15, 0.2) is 141 Å². The van der Waals surface area contributed by atoms with Crippen LogP contribution in [0.5, 0.6) is 0 Å². The number of hydrogen-bond acceptors (Lipinski definition) is 8. The van der Waals surface area contributed by atoms with Crippen molar-refractivity contribution in [1.82, 2.24) is 28.7 Å². The normalized spacial score (nSPS) is 10.7. The largest absolute Gasteiger partial charge is 2.00 e. The minimum absolute atomic E-state index is 0. The zero-order chi connectivity index (χ0) is 41.9. The van der Waals surface area contributed by atoms with Gasteiger partial charge in [0.05, 0.1) is 22.8 Å². The zero-order valence-corrected chi connectivity index (χ0v) is 34.1. The smallest absolute Gasteiger partial charge is 0.550 e. The van der Waals surface area contributed by atoms with Gasteiger partial charge in [-0.25, -0.2) is 19.3 Å². The van der Waals surface area contributed by atoms with E-state index < -0.39 is 11.9 Å². The van der Waals surface area contributed by atoms with Crippen molar-refractivity contribution in [2.75, 3.05) is 0 Å². The summed E-state index contributed by atoms with van der Waals surface area (Å²) in [4.78, 5) is 58.9. The molecule has 0 bridgehead atoms. The van der Waals surface area contributed by atoms with E-state index in [-0.39, 0.29) is 28.2 Å². The quantitative estimate of drug-likeness (QED) is 0.176. The van der Waals surface area contributed by atoms with Gasteiger partial charge in [-0.2, -0.15) is 0 Å². The van der Waals surface area contributed by atoms with E-state index in [0.717, 1.165) is 69.5 Å². The van der Waals surface area contributed by atoms with E-state index >= 15 is 0 Å². The Morgan fingerprint density at radius 3 is 1.20 bits per heavy atom. The van der Waals surface area contributed by atoms with Crippen molar-refractivity contribution in [3.8, 4) is 11.4 Å². The minimum atomic E-state index is -1.08. The summed E-state index contributed by atoms with van der Waals surface area (Å²) in [5.41, 5.74) is 7.99. The summed E-state index contributed by atoms with van der Waals surface area (Å²) >= 11 is 0. The molecule has 2 N–H and O–H groups in total. The monoisotopic (exact) mass is 841 g/mol. The number of carboxylic acid groups (broad SMARTS) is 2. The van der Waals surface area contributed by atoms with Crippen molar-refractivity contribution in [2.24, 2.45) is 24.1 Å². The van der Waals surface area contributed by atoms with E-state index in [4.69, 9.17) is 19.8 Å². The van der Waals surface area contributed by atoms with Crippen LogP contribution in [-0.4, -0.2) is 53.1 Å². The third-order valence-electron chi connectivity index (χ3n) is 8.96. The second-order valence-electron chi connectivity index (χ2n) is 12.9. The van der Waals surface area contributed by atoms with Crippen LogP contribution in [-0.2, 0) is 40.8 Å². The van der Waals surface area contributed by atoms with E-state index in [0.29, 0.717) is 11.4 Å². The average molecular weight is 842 g/mol. The topological polar surface area (TPSA) is 190 Å². The molecule has 0 unspecified atom stereocenters. The van der Waals surface area contributed by atoms with Gasteiger partial charge in [0.2, 0.25) is 0 Å². The summed E-state index contributed by atoms with van der Waals surface area (Å²) in [6.07, 6.45) is 7.31. The van der Waals surface area contributed by atoms with Crippen LogP contribution in [0.4, 0.5) is 11.4 Å². The Balaban J connectivity index is 0.000000218. The molecule has 0 aliphatic rings. The number of hydrogen-bond donors (Lipinski definition) is 2. The van der Waals surface area contributed by atoms with Gasteiger partial charge in [0.15, 0.2) is 11.4 Å². The molecular formula is C44H42CuN8O6. The summed E-state index contributed by atoms with van der Waals surface area (Å²) in [5, 5.41) is 20.0. The number of carbonyl (C=O) groups is 2. The molecular weight excluding hydrogens is 800 g/mol. The number of benzene rings is 4. The SMILES string of the molecule is CC(=O)[O-].CC(=O)[O-].Cc1c(N=Cc2c[nH]c3ccccc23)c(=O)n(-c2ccccc2)n1C.Cc1c(N=Cc2c[nH]c3ccccc23)c(=O)n(-c2ccccc2)n1C.[Cu+2]. The van der Waals surface area contributed by atoms with Crippen LogP contribution in [0.25, 0.3) is 33.2 Å². The van der Waals surface area contributed by atoms with E-state index in [1.54, 1.807) is 21.8 Å². The van der Waals surface area contributed by atoms with Crippen LogP contribution in [0, 0.1) is 13.8 Å². The van der Waals surface area contributed by atoms with Gasteiger partial charge in [0, 0.05) is 83.8 Å². The molecule has 0 aliphatic heterocycles. The first kappa shape index (κ1) is 44.5. The number of aromatic nitrogens is 6. The fourth-order valence-corrected chi connectivity index (χ4v) is 6.08. The zero-order valence-electron chi connectivity index (χ0n) is 33.1. The summed E-state index contributed by atoms with van der Waals surface area (Å²) in [7, 11) is 3.74. The summed E-state index contributed by atoms with van der Waals surface area (Å²) < 4.78 is 6.94. The fraction of sp³-hybridized carbons (Fsp3) is 0.136. The molecule has 0 saturated heterocycles. The Morgan fingerprint density at radius 1 is 0.559 bits per heavy atom. The second-order valence-corrected chi connectivity index (χ2v) is 12.9. The van der Waals surface area contributed by atoms with Gasteiger partial charge in [-0.05, 0) is 64.1 Å². The van der Waals surface area contributed by atoms with Crippen molar-refractivity contribution in [3.63, 3.8) is 0 Å². The molecule has 4 aromatic heterocycles. The molecule has 4 aromatic carbocycles. The molecule has 0 saturated carbocycles. The van der Waals surface area contributed by atoms with E-state index in [2.05, 4.69) is 20.0 Å². The molecule has 0 spiro atoms. The van der Waals surface area contributed by atoms with Crippen LogP contribution in [0.2, 0.25) is 0 Å². The first-order valence-electron chi connectivity index (χ1n) is 18.0. The summed E-state index contributed by atoms with van der Waals surface area (Å²) in [6, 6.07) is 35.2. The molecule has 0 amide bonds. The maximum atomic E-state index is 12.9. The van der Waals surface area contributed by atoms with E-state index in [1.807, 2.05) is 159 Å². The molecule has 14 nitrogen and oxygen atoms in total. The number of carboxylic acids is 2. The molecule has 4 heterocycles. The molecule has 305 valence electrons. The van der Waals surface area contributed by atoms with Gasteiger partial charge in [0.25, 0.3) is 11.1 Å². The van der Waals surface area contributed by atoms with Gasteiger partial charge >= 0.3 is 17.1 Å². The molecule has 1 radical (unpaired) electrons.